The molecule has 0 aromatic heterocycles. The van der Waals surface area contributed by atoms with Crippen LogP contribution >= 0.6 is 0 Å². The van der Waals surface area contributed by atoms with E-state index in [1.54, 1.807) is 27.7 Å². The third kappa shape index (κ3) is 8.39. The number of rotatable bonds is 4. The first kappa shape index (κ1) is 36.3. The summed E-state index contributed by atoms with van der Waals surface area (Å²) in [5.41, 5.74) is -3.25. The Hall–Kier alpha value is -0.890. The fourth-order valence-corrected chi connectivity index (χ4v) is 6.74. The summed E-state index contributed by atoms with van der Waals surface area (Å²) in [6.45, 7) is 14.2. The van der Waals surface area contributed by atoms with E-state index in [9.17, 15) is 30.3 Å². The number of hydrogen-bond donors (Lipinski definition) is 5. The fraction of sp³-hybridized carbons (Fsp3) is 0.967. The summed E-state index contributed by atoms with van der Waals surface area (Å²) in [6.07, 6.45) is -5.74. The first-order valence-corrected chi connectivity index (χ1v) is 15.1. The normalized spacial score (nSPS) is 48.4. The number of hydrogen-bond acceptors (Lipinski definition) is 11. The molecule has 0 aromatic carbocycles. The monoisotopic (exact) mass is 590 g/mol. The molecule has 0 radical (unpaired) electrons. The lowest BCUT2D eigenvalue weighted by molar-refractivity contribution is -0.299. The largest absolute Gasteiger partial charge is 0.459 e. The molecule has 0 aliphatic carbocycles. The summed E-state index contributed by atoms with van der Waals surface area (Å²) in [6, 6.07) is -0.733. The molecule has 2 rings (SSSR count). The predicted octanol–water partition coefficient (Wildman–Crippen LogP) is 0.976. The lowest BCUT2D eigenvalue weighted by Crippen LogP contribution is -2.59. The summed E-state index contributed by atoms with van der Waals surface area (Å²) in [5.74, 6) is -2.65. The van der Waals surface area contributed by atoms with Gasteiger partial charge < -0.3 is 49.5 Å². The molecule has 0 aromatic rings. The summed E-state index contributed by atoms with van der Waals surface area (Å²) in [4.78, 5) is 17.1. The molecular weight excluding hydrogens is 532 g/mol. The molecule has 2 fully saturated rings. The summed E-state index contributed by atoms with van der Waals surface area (Å²) < 4.78 is 18.1. The molecule has 0 amide bonds. The Balaban J connectivity index is 2.52. The van der Waals surface area contributed by atoms with Crippen molar-refractivity contribution in [2.75, 3.05) is 27.7 Å². The number of aliphatic hydroxyl groups is 5. The van der Waals surface area contributed by atoms with Crippen molar-refractivity contribution in [3.05, 3.63) is 0 Å². The molecule has 2 saturated heterocycles. The minimum Gasteiger partial charge on any atom is -0.459 e. The topological polar surface area (TPSA) is 152 Å². The zero-order valence-corrected chi connectivity index (χ0v) is 27.0. The van der Waals surface area contributed by atoms with Gasteiger partial charge in [-0.1, -0.05) is 20.8 Å². The number of likely N-dealkylation sites (N-methyl/N-ethyl adjacent to an activating group) is 2. The van der Waals surface area contributed by atoms with Gasteiger partial charge in [-0.25, -0.2) is 0 Å². The van der Waals surface area contributed by atoms with Crippen LogP contribution in [0.1, 0.15) is 74.7 Å². The number of carbonyl (C=O) groups excluding carboxylic acids is 1. The van der Waals surface area contributed by atoms with Gasteiger partial charge in [0, 0.05) is 24.5 Å². The van der Waals surface area contributed by atoms with Crippen LogP contribution < -0.4 is 0 Å². The van der Waals surface area contributed by atoms with Gasteiger partial charge in [0.15, 0.2) is 6.29 Å². The van der Waals surface area contributed by atoms with Gasteiger partial charge in [0.2, 0.25) is 0 Å². The Kier molecular flexibility index (Phi) is 12.6. The molecule has 0 saturated carbocycles. The van der Waals surface area contributed by atoms with Gasteiger partial charge in [0.1, 0.15) is 23.9 Å². The highest BCUT2D eigenvalue weighted by Gasteiger charge is 2.49. The predicted molar refractivity (Wildman–Crippen MR) is 155 cm³/mol. The van der Waals surface area contributed by atoms with E-state index in [1.165, 1.54) is 13.8 Å². The number of cyclic esters (lactones) is 1. The summed E-state index contributed by atoms with van der Waals surface area (Å²) >= 11 is 0. The second kappa shape index (κ2) is 14.3. The van der Waals surface area contributed by atoms with Crippen LogP contribution in [0, 0.1) is 17.8 Å². The van der Waals surface area contributed by atoms with Gasteiger partial charge >= 0.3 is 5.97 Å². The first-order chi connectivity index (χ1) is 18.8. The SMILES string of the molecule is CC[C@@H]1OC(=O)[C@H](C)[C@@H](O)[C@H](C)[C@@H](O[C@@H]2O[C@@H](C)C[C@H](N(C)C)[C@H]2O)[C@@](C)(O)C[C@@H](C)CN(C)[C@@H](C)[C@H](O)[C@]1(C)O. The number of ether oxygens (including phenoxy) is 3. The van der Waals surface area contributed by atoms with E-state index < -0.39 is 71.9 Å². The number of carbonyl (C=O) groups is 1. The quantitative estimate of drug-likeness (QED) is 0.298. The van der Waals surface area contributed by atoms with E-state index in [1.807, 2.05) is 44.8 Å². The van der Waals surface area contributed by atoms with Crippen LogP contribution in [0.25, 0.3) is 0 Å². The molecule has 2 aliphatic heterocycles. The highest BCUT2D eigenvalue weighted by atomic mass is 16.7. The zero-order chi connectivity index (χ0) is 31.6. The maximum atomic E-state index is 13.3. The van der Waals surface area contributed by atoms with E-state index in [-0.39, 0.29) is 30.9 Å². The van der Waals surface area contributed by atoms with Crippen molar-refractivity contribution >= 4 is 5.97 Å². The van der Waals surface area contributed by atoms with Crippen molar-refractivity contribution < 1.29 is 44.5 Å². The maximum absolute atomic E-state index is 13.3. The minimum atomic E-state index is -1.75. The maximum Gasteiger partial charge on any atom is 0.311 e. The molecule has 5 N–H and O–H groups in total. The first-order valence-electron chi connectivity index (χ1n) is 15.1. The molecule has 2 heterocycles. The van der Waals surface area contributed by atoms with Crippen molar-refractivity contribution in [1.82, 2.24) is 9.80 Å². The van der Waals surface area contributed by atoms with Crippen molar-refractivity contribution in [1.29, 1.82) is 0 Å². The van der Waals surface area contributed by atoms with E-state index in [2.05, 4.69) is 0 Å². The van der Waals surface area contributed by atoms with E-state index in [4.69, 9.17) is 14.2 Å². The van der Waals surface area contributed by atoms with Crippen LogP contribution in [0.4, 0.5) is 0 Å². The third-order valence-corrected chi connectivity index (χ3v) is 9.46. The zero-order valence-electron chi connectivity index (χ0n) is 27.0. The van der Waals surface area contributed by atoms with Crippen LogP contribution in [0.2, 0.25) is 0 Å². The number of aliphatic hydroxyl groups excluding tert-OH is 3. The number of esters is 1. The third-order valence-electron chi connectivity index (χ3n) is 9.46. The van der Waals surface area contributed by atoms with Crippen molar-refractivity contribution in [3.8, 4) is 0 Å². The molecule has 0 unspecified atom stereocenters. The Bertz CT molecular complexity index is 841. The molecule has 0 bridgehead atoms. The number of nitrogens with zero attached hydrogens (tertiary/aromatic N) is 2. The Morgan fingerprint density at radius 2 is 1.63 bits per heavy atom. The molecule has 0 spiro atoms. The smallest absolute Gasteiger partial charge is 0.311 e. The average Bonchev–Trinajstić information content (AvgIpc) is 2.87. The molecule has 2 aliphatic rings. The van der Waals surface area contributed by atoms with E-state index >= 15 is 0 Å². The lowest BCUT2D eigenvalue weighted by Gasteiger charge is -2.46. The van der Waals surface area contributed by atoms with Crippen molar-refractivity contribution in [3.63, 3.8) is 0 Å². The van der Waals surface area contributed by atoms with Gasteiger partial charge in [-0.05, 0) is 80.9 Å². The minimum absolute atomic E-state index is 0.0990. The Morgan fingerprint density at radius 1 is 1.05 bits per heavy atom. The van der Waals surface area contributed by atoms with Gasteiger partial charge in [0.25, 0.3) is 0 Å². The summed E-state index contributed by atoms with van der Waals surface area (Å²) in [7, 11) is 5.58. The standard InChI is InChI=1S/C30H58N2O9/c1-12-22-30(8,38)25(35)20(6)32(11)15-16(2)14-29(7,37)26(18(4)23(33)19(5)27(36)40-22)41-28-24(34)21(31(9)10)13-17(3)39-28/h16-26,28,33-35,37-38H,12-15H2,1-11H3/t16-,17+,18+,19-,20+,21+,22+,23+,24-,25+,26-,28+,29+,30-/m1/s1. The highest BCUT2D eigenvalue weighted by Crippen LogP contribution is 2.36. The Morgan fingerprint density at radius 3 is 2.17 bits per heavy atom. The van der Waals surface area contributed by atoms with Gasteiger partial charge in [-0.2, -0.15) is 0 Å². The Labute approximate surface area is 246 Å². The van der Waals surface area contributed by atoms with Crippen LogP contribution in [0.15, 0.2) is 0 Å². The van der Waals surface area contributed by atoms with Crippen LogP contribution in [0.5, 0.6) is 0 Å². The average molecular weight is 591 g/mol. The molecule has 14 atom stereocenters. The lowest BCUT2D eigenvalue weighted by atomic mass is 9.78. The second-order valence-corrected chi connectivity index (χ2v) is 13.6. The van der Waals surface area contributed by atoms with E-state index in [0.717, 1.165) is 0 Å². The van der Waals surface area contributed by atoms with E-state index in [0.29, 0.717) is 13.0 Å². The van der Waals surface area contributed by atoms with Crippen LogP contribution in [0.3, 0.4) is 0 Å². The highest BCUT2D eigenvalue weighted by molar-refractivity contribution is 5.73. The molecule has 242 valence electrons. The van der Waals surface area contributed by atoms with Gasteiger partial charge in [0.05, 0.1) is 29.8 Å². The second-order valence-electron chi connectivity index (χ2n) is 13.6. The molecule has 11 heteroatoms. The van der Waals surface area contributed by atoms with Gasteiger partial charge in [-0.3, -0.25) is 4.79 Å². The van der Waals surface area contributed by atoms with Gasteiger partial charge in [-0.15, -0.1) is 0 Å². The van der Waals surface area contributed by atoms with Crippen molar-refractivity contribution in [2.24, 2.45) is 17.8 Å². The van der Waals surface area contributed by atoms with Crippen LogP contribution in [-0.2, 0) is 19.0 Å². The van der Waals surface area contributed by atoms with Crippen LogP contribution in [-0.4, -0.2) is 135 Å². The molecular formula is C30H58N2O9. The molecule has 41 heavy (non-hydrogen) atoms. The summed E-state index contributed by atoms with van der Waals surface area (Å²) in [5, 5.41) is 57.0. The fourth-order valence-electron chi connectivity index (χ4n) is 6.74. The molecule has 11 nitrogen and oxygen atoms in total. The van der Waals surface area contributed by atoms with Crippen molar-refractivity contribution in [2.45, 2.75) is 141 Å².